The molecule has 0 amide bonds. The molecule has 0 saturated heterocycles. The minimum absolute atomic E-state index is 0.274. The second-order valence-electron chi connectivity index (χ2n) is 2.94. The summed E-state index contributed by atoms with van der Waals surface area (Å²) in [6.07, 6.45) is 0. The van der Waals surface area contributed by atoms with E-state index in [9.17, 15) is 4.79 Å². The average molecular weight is 201 g/mol. The van der Waals surface area contributed by atoms with Crippen LogP contribution in [-0.4, -0.2) is 23.3 Å². The molecule has 5 heteroatoms. The number of ether oxygens (including phenoxy) is 1. The van der Waals surface area contributed by atoms with Gasteiger partial charge in [-0.1, -0.05) is 0 Å². The zero-order valence-corrected chi connectivity index (χ0v) is 7.94. The summed E-state index contributed by atoms with van der Waals surface area (Å²) in [7, 11) is 1.31. The fourth-order valence-corrected chi connectivity index (χ4v) is 1.34. The van der Waals surface area contributed by atoms with Gasteiger partial charge < -0.3 is 4.74 Å². The number of esters is 1. The third-order valence-electron chi connectivity index (χ3n) is 2.09. The van der Waals surface area contributed by atoms with E-state index in [4.69, 9.17) is 5.26 Å². The Hall–Kier alpha value is -2.35. The molecule has 0 unspecified atom stereocenters. The van der Waals surface area contributed by atoms with Gasteiger partial charge in [0.15, 0.2) is 5.69 Å². The first kappa shape index (κ1) is 9.21. The lowest BCUT2D eigenvalue weighted by Crippen LogP contribution is -2.00. The highest BCUT2D eigenvalue weighted by molar-refractivity contribution is 5.95. The summed E-state index contributed by atoms with van der Waals surface area (Å²) < 4.78 is 4.58. The van der Waals surface area contributed by atoms with E-state index in [1.807, 2.05) is 6.07 Å². The van der Waals surface area contributed by atoms with Crippen LogP contribution in [0.1, 0.15) is 16.1 Å². The van der Waals surface area contributed by atoms with Crippen molar-refractivity contribution in [3.8, 4) is 6.07 Å². The van der Waals surface area contributed by atoms with Crippen LogP contribution in [0.4, 0.5) is 0 Å². The van der Waals surface area contributed by atoms with Crippen LogP contribution < -0.4 is 0 Å². The Labute approximate surface area is 85.3 Å². The first-order chi connectivity index (χ1) is 7.26. The number of hydrogen-bond acceptors (Lipinski definition) is 4. The van der Waals surface area contributed by atoms with E-state index in [0.717, 1.165) is 5.52 Å². The van der Waals surface area contributed by atoms with Crippen molar-refractivity contribution in [1.29, 1.82) is 5.26 Å². The molecule has 5 nitrogen and oxygen atoms in total. The lowest BCUT2D eigenvalue weighted by atomic mass is 10.1. The predicted molar refractivity (Wildman–Crippen MR) is 52.1 cm³/mol. The fourth-order valence-electron chi connectivity index (χ4n) is 1.34. The Balaban J connectivity index is 2.64. The topological polar surface area (TPSA) is 78.8 Å². The summed E-state index contributed by atoms with van der Waals surface area (Å²) in [5, 5.41) is 15.9. The van der Waals surface area contributed by atoms with Gasteiger partial charge in [-0.15, -0.1) is 0 Å². The minimum Gasteiger partial charge on any atom is -0.465 e. The lowest BCUT2D eigenvalue weighted by molar-refractivity contribution is 0.0601. The Bertz CT molecular complexity index is 566. The van der Waals surface area contributed by atoms with Crippen molar-refractivity contribution in [2.75, 3.05) is 7.11 Å². The van der Waals surface area contributed by atoms with Gasteiger partial charge >= 0.3 is 5.97 Å². The average Bonchev–Trinajstić information content (AvgIpc) is 2.69. The molecule has 0 fully saturated rings. The van der Waals surface area contributed by atoms with Crippen LogP contribution in [0.2, 0.25) is 0 Å². The van der Waals surface area contributed by atoms with Gasteiger partial charge in [-0.05, 0) is 18.2 Å². The third-order valence-corrected chi connectivity index (χ3v) is 2.09. The van der Waals surface area contributed by atoms with Crippen molar-refractivity contribution in [2.45, 2.75) is 0 Å². The van der Waals surface area contributed by atoms with Crippen LogP contribution >= 0.6 is 0 Å². The molecular weight excluding hydrogens is 194 g/mol. The number of nitrogens with one attached hydrogen (secondary N) is 1. The van der Waals surface area contributed by atoms with Crippen LogP contribution in [0.15, 0.2) is 18.2 Å². The van der Waals surface area contributed by atoms with Crippen molar-refractivity contribution in [3.05, 3.63) is 29.5 Å². The monoisotopic (exact) mass is 201 g/mol. The molecule has 0 saturated carbocycles. The highest BCUT2D eigenvalue weighted by atomic mass is 16.5. The Morgan fingerprint density at radius 1 is 1.60 bits per heavy atom. The van der Waals surface area contributed by atoms with Gasteiger partial charge in [0.25, 0.3) is 0 Å². The quantitative estimate of drug-likeness (QED) is 0.703. The number of methoxy groups -OCH3 is 1. The molecule has 1 N–H and O–H groups in total. The highest BCUT2D eigenvalue weighted by Gasteiger charge is 2.09. The molecule has 0 aliphatic heterocycles. The number of H-pyrrole nitrogens is 1. The number of carbonyl (C=O) groups is 1. The van der Waals surface area contributed by atoms with Gasteiger partial charge in [0, 0.05) is 5.39 Å². The molecular formula is C10H7N3O2. The Morgan fingerprint density at radius 2 is 2.40 bits per heavy atom. The van der Waals surface area contributed by atoms with E-state index < -0.39 is 5.97 Å². The van der Waals surface area contributed by atoms with E-state index in [-0.39, 0.29) is 5.69 Å². The summed E-state index contributed by atoms with van der Waals surface area (Å²) in [4.78, 5) is 11.2. The Kier molecular flexibility index (Phi) is 2.10. The maximum absolute atomic E-state index is 11.2. The van der Waals surface area contributed by atoms with Gasteiger partial charge in [-0.2, -0.15) is 10.4 Å². The van der Waals surface area contributed by atoms with Crippen LogP contribution in [0.3, 0.4) is 0 Å². The minimum atomic E-state index is -0.429. The molecule has 74 valence electrons. The first-order valence-corrected chi connectivity index (χ1v) is 4.23. The SMILES string of the molecule is COC(=O)c1ccc2[nH]nc(C#N)c2c1. The molecule has 1 heterocycles. The zero-order chi connectivity index (χ0) is 10.8. The number of fused-ring (bicyclic) bond motifs is 1. The highest BCUT2D eigenvalue weighted by Crippen LogP contribution is 2.17. The molecule has 0 aliphatic rings. The number of hydrogen-bond donors (Lipinski definition) is 1. The fraction of sp³-hybridized carbons (Fsp3) is 0.100. The summed E-state index contributed by atoms with van der Waals surface area (Å²) in [6, 6.07) is 6.83. The first-order valence-electron chi connectivity index (χ1n) is 4.23. The maximum atomic E-state index is 11.2. The summed E-state index contributed by atoms with van der Waals surface area (Å²) in [5.74, 6) is -0.429. The van der Waals surface area contributed by atoms with Crippen molar-refractivity contribution in [2.24, 2.45) is 0 Å². The van der Waals surface area contributed by atoms with E-state index >= 15 is 0 Å². The van der Waals surface area contributed by atoms with Crippen molar-refractivity contribution in [3.63, 3.8) is 0 Å². The second-order valence-corrected chi connectivity index (χ2v) is 2.94. The van der Waals surface area contributed by atoms with E-state index in [0.29, 0.717) is 10.9 Å². The molecule has 2 aromatic rings. The molecule has 0 radical (unpaired) electrons. The molecule has 0 spiro atoms. The lowest BCUT2D eigenvalue weighted by Gasteiger charge is -1.98. The van der Waals surface area contributed by atoms with Crippen molar-refractivity contribution in [1.82, 2.24) is 10.2 Å². The second kappa shape index (κ2) is 3.42. The third kappa shape index (κ3) is 1.42. The van der Waals surface area contributed by atoms with Gasteiger partial charge in [0.1, 0.15) is 6.07 Å². The molecule has 2 rings (SSSR count). The predicted octanol–water partition coefficient (Wildman–Crippen LogP) is 1.22. The van der Waals surface area contributed by atoms with Crippen LogP contribution in [0.25, 0.3) is 10.9 Å². The van der Waals surface area contributed by atoms with Crippen molar-refractivity contribution >= 4 is 16.9 Å². The van der Waals surface area contributed by atoms with Crippen LogP contribution in [0.5, 0.6) is 0 Å². The standard InChI is InChI=1S/C10H7N3O2/c1-15-10(14)6-2-3-8-7(4-6)9(5-11)13-12-8/h2-4H,1H3,(H,12,13). The largest absolute Gasteiger partial charge is 0.465 e. The number of benzene rings is 1. The number of carbonyl (C=O) groups excluding carboxylic acids is 1. The zero-order valence-electron chi connectivity index (χ0n) is 7.94. The van der Waals surface area contributed by atoms with Crippen LogP contribution in [-0.2, 0) is 4.74 Å². The molecule has 0 bridgehead atoms. The van der Waals surface area contributed by atoms with Gasteiger partial charge in [0.2, 0.25) is 0 Å². The number of aromatic nitrogens is 2. The number of rotatable bonds is 1. The number of nitriles is 1. The molecule has 0 atom stereocenters. The number of aromatic amines is 1. The summed E-state index contributed by atoms with van der Waals surface area (Å²) in [5.41, 5.74) is 1.40. The van der Waals surface area contributed by atoms with Crippen molar-refractivity contribution < 1.29 is 9.53 Å². The number of nitrogens with zero attached hydrogens (tertiary/aromatic N) is 2. The summed E-state index contributed by atoms with van der Waals surface area (Å²) in [6.45, 7) is 0. The maximum Gasteiger partial charge on any atom is 0.337 e. The van der Waals surface area contributed by atoms with Gasteiger partial charge in [-0.25, -0.2) is 4.79 Å². The molecule has 1 aromatic heterocycles. The van der Waals surface area contributed by atoms with Gasteiger partial charge in [0.05, 0.1) is 18.2 Å². The molecule has 0 aliphatic carbocycles. The smallest absolute Gasteiger partial charge is 0.337 e. The molecule has 1 aromatic carbocycles. The van der Waals surface area contributed by atoms with E-state index in [1.165, 1.54) is 7.11 Å². The summed E-state index contributed by atoms with van der Waals surface area (Å²) >= 11 is 0. The van der Waals surface area contributed by atoms with E-state index in [1.54, 1.807) is 18.2 Å². The normalized spacial score (nSPS) is 9.87. The van der Waals surface area contributed by atoms with Gasteiger partial charge in [-0.3, -0.25) is 5.10 Å². The van der Waals surface area contributed by atoms with E-state index in [2.05, 4.69) is 14.9 Å². The van der Waals surface area contributed by atoms with Crippen LogP contribution in [0, 0.1) is 11.3 Å². The molecule has 15 heavy (non-hydrogen) atoms. The Morgan fingerprint density at radius 3 is 3.07 bits per heavy atom.